The number of aliphatic hydroxyl groups is 1. The Bertz CT molecular complexity index is 429. The lowest BCUT2D eigenvalue weighted by Crippen LogP contribution is -2.41. The topological polar surface area (TPSA) is 73.6 Å². The second-order valence-corrected chi connectivity index (χ2v) is 4.27. The number of aryl methyl sites for hydroxylation is 1. The van der Waals surface area contributed by atoms with Crippen molar-refractivity contribution in [2.45, 2.75) is 32.4 Å². The van der Waals surface area contributed by atoms with Crippen molar-refractivity contribution in [1.82, 2.24) is 9.78 Å². The van der Waals surface area contributed by atoms with E-state index in [1.165, 1.54) is 0 Å². The van der Waals surface area contributed by atoms with Gasteiger partial charge in [-0.25, -0.2) is 9.48 Å². The lowest BCUT2D eigenvalue weighted by Gasteiger charge is -2.32. The molecule has 6 heteroatoms. The van der Waals surface area contributed by atoms with Crippen LogP contribution in [0.15, 0.2) is 6.07 Å². The first-order chi connectivity index (χ1) is 8.08. The van der Waals surface area contributed by atoms with E-state index < -0.39 is 11.6 Å². The van der Waals surface area contributed by atoms with Crippen LogP contribution in [-0.2, 0) is 11.3 Å². The van der Waals surface area contributed by atoms with Gasteiger partial charge in [-0.2, -0.15) is 5.10 Å². The van der Waals surface area contributed by atoms with Crippen LogP contribution in [0.4, 0.5) is 0 Å². The Kier molecular flexibility index (Phi) is 3.06. The summed E-state index contributed by atoms with van der Waals surface area (Å²) in [6, 6.07) is 1.55. The van der Waals surface area contributed by atoms with Crippen molar-refractivity contribution >= 4 is 5.97 Å². The minimum absolute atomic E-state index is 0.0626. The molecular weight excluding hydrogens is 224 g/mol. The summed E-state index contributed by atoms with van der Waals surface area (Å²) < 4.78 is 12.1. The SMILES string of the molecule is CCOC(=O)c1cc2n(n1)CCC(C)(CO)O2. The zero-order valence-electron chi connectivity index (χ0n) is 9.97. The van der Waals surface area contributed by atoms with Crippen LogP contribution in [0.2, 0.25) is 0 Å². The van der Waals surface area contributed by atoms with E-state index in [4.69, 9.17) is 9.47 Å². The van der Waals surface area contributed by atoms with Crippen LogP contribution < -0.4 is 4.74 Å². The summed E-state index contributed by atoms with van der Waals surface area (Å²) in [4.78, 5) is 11.5. The summed E-state index contributed by atoms with van der Waals surface area (Å²) >= 11 is 0. The van der Waals surface area contributed by atoms with E-state index in [0.29, 0.717) is 25.5 Å². The predicted molar refractivity (Wildman–Crippen MR) is 58.9 cm³/mol. The van der Waals surface area contributed by atoms with Crippen LogP contribution in [0.5, 0.6) is 5.88 Å². The summed E-state index contributed by atoms with van der Waals surface area (Å²) in [5.74, 6) is 0.0413. The quantitative estimate of drug-likeness (QED) is 0.783. The lowest BCUT2D eigenvalue weighted by molar-refractivity contribution is -0.0122. The van der Waals surface area contributed by atoms with Crippen LogP contribution in [0.1, 0.15) is 30.8 Å². The first-order valence-electron chi connectivity index (χ1n) is 5.63. The number of hydrogen-bond acceptors (Lipinski definition) is 5. The first-order valence-corrected chi connectivity index (χ1v) is 5.63. The highest BCUT2D eigenvalue weighted by atomic mass is 16.5. The molecule has 1 aromatic heterocycles. The van der Waals surface area contributed by atoms with E-state index in [1.54, 1.807) is 17.7 Å². The standard InChI is InChI=1S/C11H16N2O4/c1-3-16-10(15)8-6-9-13(12-8)5-4-11(2,7-14)17-9/h6,14H,3-5,7H2,1-2H3. The van der Waals surface area contributed by atoms with Crippen LogP contribution in [-0.4, -0.2) is 39.7 Å². The number of aliphatic hydroxyl groups excluding tert-OH is 1. The third kappa shape index (κ3) is 2.26. The van der Waals surface area contributed by atoms with Gasteiger partial charge in [-0.3, -0.25) is 0 Å². The molecule has 2 heterocycles. The molecule has 0 aliphatic carbocycles. The second-order valence-electron chi connectivity index (χ2n) is 4.27. The number of aromatic nitrogens is 2. The minimum Gasteiger partial charge on any atom is -0.469 e. The molecule has 0 aromatic carbocycles. The number of carbonyl (C=O) groups is 1. The van der Waals surface area contributed by atoms with Crippen molar-refractivity contribution < 1.29 is 19.4 Å². The number of hydrogen-bond donors (Lipinski definition) is 1. The molecule has 1 aliphatic heterocycles. The van der Waals surface area contributed by atoms with Crippen LogP contribution in [0.25, 0.3) is 0 Å². The molecular formula is C11H16N2O4. The molecule has 1 unspecified atom stereocenters. The average molecular weight is 240 g/mol. The summed E-state index contributed by atoms with van der Waals surface area (Å²) in [6.45, 7) is 4.44. The van der Waals surface area contributed by atoms with Crippen LogP contribution in [0.3, 0.4) is 0 Å². The maximum Gasteiger partial charge on any atom is 0.358 e. The number of rotatable bonds is 3. The number of esters is 1. The predicted octanol–water partition coefficient (Wildman–Crippen LogP) is 0.593. The number of ether oxygens (including phenoxy) is 2. The summed E-state index contributed by atoms with van der Waals surface area (Å²) in [7, 11) is 0. The zero-order valence-corrected chi connectivity index (χ0v) is 9.97. The third-order valence-electron chi connectivity index (χ3n) is 2.77. The Labute approximate surface area is 99.1 Å². The highest BCUT2D eigenvalue weighted by molar-refractivity contribution is 5.87. The van der Waals surface area contributed by atoms with E-state index in [1.807, 2.05) is 6.92 Å². The highest BCUT2D eigenvalue weighted by Gasteiger charge is 2.32. The molecule has 0 fully saturated rings. The van der Waals surface area contributed by atoms with Gasteiger partial charge in [0, 0.05) is 19.0 Å². The van der Waals surface area contributed by atoms with E-state index in [2.05, 4.69) is 5.10 Å². The molecule has 17 heavy (non-hydrogen) atoms. The second kappa shape index (κ2) is 4.37. The van der Waals surface area contributed by atoms with Gasteiger partial charge < -0.3 is 14.6 Å². The fraction of sp³-hybridized carbons (Fsp3) is 0.636. The monoisotopic (exact) mass is 240 g/mol. The van der Waals surface area contributed by atoms with Crippen LogP contribution in [0, 0.1) is 0 Å². The Morgan fingerprint density at radius 2 is 2.53 bits per heavy atom. The number of carbonyl (C=O) groups excluding carboxylic acids is 1. The Morgan fingerprint density at radius 1 is 1.76 bits per heavy atom. The van der Waals surface area contributed by atoms with Gasteiger partial charge in [0.1, 0.15) is 5.60 Å². The van der Waals surface area contributed by atoms with Crippen molar-refractivity contribution in [2.75, 3.05) is 13.2 Å². The molecule has 1 aromatic rings. The maximum atomic E-state index is 11.5. The fourth-order valence-corrected chi connectivity index (χ4v) is 1.70. The van der Waals surface area contributed by atoms with Gasteiger partial charge in [0.15, 0.2) is 5.69 Å². The molecule has 0 saturated heterocycles. The lowest BCUT2D eigenvalue weighted by atomic mass is 10.0. The molecule has 0 amide bonds. The third-order valence-corrected chi connectivity index (χ3v) is 2.77. The Balaban J connectivity index is 2.20. The molecule has 6 nitrogen and oxygen atoms in total. The van der Waals surface area contributed by atoms with Crippen molar-refractivity contribution in [3.8, 4) is 5.88 Å². The average Bonchev–Trinajstić information content (AvgIpc) is 2.72. The van der Waals surface area contributed by atoms with Gasteiger partial charge in [-0.1, -0.05) is 0 Å². The van der Waals surface area contributed by atoms with Crippen molar-refractivity contribution in [1.29, 1.82) is 0 Å². The van der Waals surface area contributed by atoms with E-state index in [0.717, 1.165) is 0 Å². The Hall–Kier alpha value is -1.56. The van der Waals surface area contributed by atoms with Crippen molar-refractivity contribution in [3.63, 3.8) is 0 Å². The Morgan fingerprint density at radius 3 is 3.18 bits per heavy atom. The largest absolute Gasteiger partial charge is 0.469 e. The van der Waals surface area contributed by atoms with Gasteiger partial charge in [-0.15, -0.1) is 0 Å². The van der Waals surface area contributed by atoms with Crippen LogP contribution >= 0.6 is 0 Å². The van der Waals surface area contributed by atoms with E-state index in [-0.39, 0.29) is 12.3 Å². The van der Waals surface area contributed by atoms with Gasteiger partial charge in [0.2, 0.25) is 5.88 Å². The molecule has 1 aliphatic rings. The van der Waals surface area contributed by atoms with E-state index >= 15 is 0 Å². The smallest absolute Gasteiger partial charge is 0.358 e. The number of nitrogens with zero attached hydrogens (tertiary/aromatic N) is 2. The molecule has 2 rings (SSSR count). The molecule has 94 valence electrons. The summed E-state index contributed by atoms with van der Waals surface area (Å²) in [5, 5.41) is 13.3. The summed E-state index contributed by atoms with van der Waals surface area (Å²) in [6.07, 6.45) is 0.653. The zero-order chi connectivity index (χ0) is 12.5. The normalized spacial score (nSPS) is 22.8. The summed E-state index contributed by atoms with van der Waals surface area (Å²) in [5.41, 5.74) is -0.355. The molecule has 0 radical (unpaired) electrons. The molecule has 1 atom stereocenters. The molecule has 0 bridgehead atoms. The van der Waals surface area contributed by atoms with E-state index in [9.17, 15) is 9.90 Å². The van der Waals surface area contributed by atoms with Gasteiger partial charge in [0.05, 0.1) is 13.2 Å². The molecule has 0 saturated carbocycles. The maximum absolute atomic E-state index is 11.5. The highest BCUT2D eigenvalue weighted by Crippen LogP contribution is 2.28. The number of fused-ring (bicyclic) bond motifs is 1. The van der Waals surface area contributed by atoms with Gasteiger partial charge >= 0.3 is 5.97 Å². The van der Waals surface area contributed by atoms with Gasteiger partial charge in [0.25, 0.3) is 0 Å². The van der Waals surface area contributed by atoms with Gasteiger partial charge in [-0.05, 0) is 13.8 Å². The fourth-order valence-electron chi connectivity index (χ4n) is 1.70. The molecule has 1 N–H and O–H groups in total. The van der Waals surface area contributed by atoms with Crippen molar-refractivity contribution in [3.05, 3.63) is 11.8 Å². The first kappa shape index (κ1) is 11.9. The van der Waals surface area contributed by atoms with Crippen molar-refractivity contribution in [2.24, 2.45) is 0 Å². The minimum atomic E-state index is -0.595. The molecule has 0 spiro atoms.